The number of rotatable bonds is 7. The van der Waals surface area contributed by atoms with Crippen LogP contribution in [0.3, 0.4) is 0 Å². The molecule has 170 valence electrons. The van der Waals surface area contributed by atoms with Gasteiger partial charge in [-0.3, -0.25) is 9.59 Å². The minimum absolute atomic E-state index is 0.0128. The predicted molar refractivity (Wildman–Crippen MR) is 127 cm³/mol. The first-order chi connectivity index (χ1) is 15.6. The van der Waals surface area contributed by atoms with Crippen LogP contribution in [0, 0.1) is 11.8 Å². The normalized spacial score (nSPS) is 20.7. The van der Waals surface area contributed by atoms with Crippen molar-refractivity contribution in [3.8, 4) is 0 Å². The van der Waals surface area contributed by atoms with Gasteiger partial charge in [-0.1, -0.05) is 45.9 Å². The Morgan fingerprint density at radius 3 is 1.53 bits per heavy atom. The second kappa shape index (κ2) is 10.7. The summed E-state index contributed by atoms with van der Waals surface area (Å²) in [6.45, 7) is 2.72. The lowest BCUT2D eigenvalue weighted by molar-refractivity contribution is 0.0770. The van der Waals surface area contributed by atoms with Gasteiger partial charge in [0, 0.05) is 61.0 Å². The van der Waals surface area contributed by atoms with Crippen LogP contribution in [0.5, 0.6) is 0 Å². The first kappa shape index (κ1) is 23.2. The lowest BCUT2D eigenvalue weighted by Crippen LogP contribution is -2.29. The first-order valence-electron chi connectivity index (χ1n) is 10.9. The third-order valence-corrected chi connectivity index (χ3v) is 8.60. The molecule has 0 radical (unpaired) electrons. The number of carbonyl (C=O) groups is 2. The van der Waals surface area contributed by atoms with E-state index in [0.717, 1.165) is 22.6 Å². The Bertz CT molecular complexity index is 893. The van der Waals surface area contributed by atoms with Gasteiger partial charge in [-0.2, -0.15) is 0 Å². The van der Waals surface area contributed by atoms with Crippen molar-refractivity contribution in [1.82, 2.24) is 9.80 Å². The molecular weight excluding hydrogens is 444 g/mol. The standard InChI is InChI=1S/C24H28N2O4S2/c27-15-17-9-11-25(13-17)23(29)19-5-1-3-7-21(19)31-32-22-8-4-2-6-20(22)24(30)26-12-10-18(14-26)16-28/h1-8,17-18,27-28H,9-16H2. The van der Waals surface area contributed by atoms with Crippen LogP contribution in [0.25, 0.3) is 0 Å². The van der Waals surface area contributed by atoms with E-state index in [-0.39, 0.29) is 36.9 Å². The van der Waals surface area contributed by atoms with E-state index in [1.165, 1.54) is 21.6 Å². The third-order valence-electron chi connectivity index (χ3n) is 6.12. The zero-order valence-corrected chi connectivity index (χ0v) is 19.5. The molecule has 0 aliphatic carbocycles. The van der Waals surface area contributed by atoms with Crippen molar-refractivity contribution in [3.05, 3.63) is 59.7 Å². The van der Waals surface area contributed by atoms with Crippen molar-refractivity contribution in [2.45, 2.75) is 22.6 Å². The molecule has 2 aliphatic rings. The summed E-state index contributed by atoms with van der Waals surface area (Å²) in [6, 6.07) is 15.1. The molecule has 2 aromatic carbocycles. The van der Waals surface area contributed by atoms with Crippen LogP contribution < -0.4 is 0 Å². The number of likely N-dealkylation sites (tertiary alicyclic amines) is 2. The summed E-state index contributed by atoms with van der Waals surface area (Å²) in [4.78, 5) is 31.5. The van der Waals surface area contributed by atoms with E-state index >= 15 is 0 Å². The molecule has 8 heteroatoms. The van der Waals surface area contributed by atoms with Crippen molar-refractivity contribution < 1.29 is 19.8 Å². The van der Waals surface area contributed by atoms with Crippen molar-refractivity contribution >= 4 is 33.4 Å². The van der Waals surface area contributed by atoms with Crippen molar-refractivity contribution in [1.29, 1.82) is 0 Å². The fourth-order valence-corrected chi connectivity index (χ4v) is 6.54. The van der Waals surface area contributed by atoms with Crippen LogP contribution in [0.1, 0.15) is 33.6 Å². The van der Waals surface area contributed by atoms with E-state index in [2.05, 4.69) is 0 Å². The lowest BCUT2D eigenvalue weighted by Gasteiger charge is -2.19. The molecule has 0 aromatic heterocycles. The van der Waals surface area contributed by atoms with Gasteiger partial charge in [0.15, 0.2) is 0 Å². The summed E-state index contributed by atoms with van der Waals surface area (Å²) >= 11 is 0. The van der Waals surface area contributed by atoms with Gasteiger partial charge in [0.25, 0.3) is 11.8 Å². The number of benzene rings is 2. The fraction of sp³-hybridized carbons (Fsp3) is 0.417. The zero-order chi connectivity index (χ0) is 22.5. The molecular formula is C24H28N2O4S2. The minimum Gasteiger partial charge on any atom is -0.396 e. The fourth-order valence-electron chi connectivity index (χ4n) is 4.19. The average molecular weight is 473 g/mol. The summed E-state index contributed by atoms with van der Waals surface area (Å²) in [5.41, 5.74) is 1.30. The number of nitrogens with zero attached hydrogens (tertiary/aromatic N) is 2. The molecule has 0 spiro atoms. The molecule has 4 rings (SSSR count). The minimum atomic E-state index is -0.0128. The Morgan fingerprint density at radius 2 is 1.16 bits per heavy atom. The molecule has 2 atom stereocenters. The SMILES string of the molecule is O=C(c1ccccc1SSc1ccccc1C(=O)N1CCC(CO)C1)N1CCC(CO)C1. The van der Waals surface area contributed by atoms with Gasteiger partial charge < -0.3 is 20.0 Å². The topological polar surface area (TPSA) is 81.1 Å². The number of amides is 2. The van der Waals surface area contributed by atoms with Gasteiger partial charge in [0.05, 0.1) is 11.1 Å². The van der Waals surface area contributed by atoms with Crippen molar-refractivity contribution in [2.24, 2.45) is 11.8 Å². The Morgan fingerprint density at radius 1 is 0.750 bits per heavy atom. The van der Waals surface area contributed by atoms with E-state index in [4.69, 9.17) is 0 Å². The second-order valence-electron chi connectivity index (χ2n) is 8.34. The quantitative estimate of drug-likeness (QED) is 0.602. The number of aliphatic hydroxyl groups excluding tert-OH is 2. The Hall–Kier alpha value is -2.00. The first-order valence-corrected chi connectivity index (χ1v) is 13.1. The van der Waals surface area contributed by atoms with Gasteiger partial charge in [-0.25, -0.2) is 0 Å². The smallest absolute Gasteiger partial charge is 0.255 e. The highest BCUT2D eigenvalue weighted by Crippen LogP contribution is 2.41. The average Bonchev–Trinajstić information content (AvgIpc) is 3.52. The predicted octanol–water partition coefficient (Wildman–Crippen LogP) is 3.39. The van der Waals surface area contributed by atoms with Crippen LogP contribution in [0.2, 0.25) is 0 Å². The summed E-state index contributed by atoms with van der Waals surface area (Å²) < 4.78 is 0. The van der Waals surface area contributed by atoms with Gasteiger partial charge in [-0.05, 0) is 37.1 Å². The molecule has 2 aliphatic heterocycles. The molecule has 32 heavy (non-hydrogen) atoms. The highest BCUT2D eigenvalue weighted by atomic mass is 33.1. The number of hydrogen-bond acceptors (Lipinski definition) is 6. The highest BCUT2D eigenvalue weighted by molar-refractivity contribution is 8.76. The monoisotopic (exact) mass is 472 g/mol. The number of hydrogen-bond donors (Lipinski definition) is 2. The van der Waals surface area contributed by atoms with Gasteiger partial charge in [0.2, 0.25) is 0 Å². The van der Waals surface area contributed by atoms with Gasteiger partial charge in [-0.15, -0.1) is 0 Å². The molecule has 0 bridgehead atoms. The Kier molecular flexibility index (Phi) is 7.78. The number of carbonyl (C=O) groups excluding carboxylic acids is 2. The molecule has 2 saturated heterocycles. The van der Waals surface area contributed by atoms with Crippen LogP contribution in [0.15, 0.2) is 58.3 Å². The van der Waals surface area contributed by atoms with Gasteiger partial charge in [0.1, 0.15) is 0 Å². The molecule has 2 N–H and O–H groups in total. The largest absolute Gasteiger partial charge is 0.396 e. The maximum Gasteiger partial charge on any atom is 0.255 e. The highest BCUT2D eigenvalue weighted by Gasteiger charge is 2.29. The Balaban J connectivity index is 1.47. The zero-order valence-electron chi connectivity index (χ0n) is 17.9. The maximum absolute atomic E-state index is 13.1. The molecule has 2 aromatic rings. The molecule has 6 nitrogen and oxygen atoms in total. The van der Waals surface area contributed by atoms with Crippen LogP contribution in [0.4, 0.5) is 0 Å². The molecule has 0 saturated carbocycles. The molecule has 2 heterocycles. The summed E-state index contributed by atoms with van der Waals surface area (Å²) in [5, 5.41) is 18.8. The van der Waals surface area contributed by atoms with Crippen molar-refractivity contribution in [2.75, 3.05) is 39.4 Å². The van der Waals surface area contributed by atoms with E-state index in [1.807, 2.05) is 58.3 Å². The van der Waals surface area contributed by atoms with E-state index < -0.39 is 0 Å². The van der Waals surface area contributed by atoms with E-state index in [0.29, 0.717) is 37.3 Å². The van der Waals surface area contributed by atoms with Crippen LogP contribution in [-0.4, -0.2) is 71.2 Å². The van der Waals surface area contributed by atoms with E-state index in [9.17, 15) is 19.8 Å². The Labute approximate surface area is 196 Å². The third kappa shape index (κ3) is 5.14. The van der Waals surface area contributed by atoms with Crippen LogP contribution in [-0.2, 0) is 0 Å². The molecule has 2 unspecified atom stereocenters. The summed E-state index contributed by atoms with van der Waals surface area (Å²) in [7, 11) is 2.96. The summed E-state index contributed by atoms with van der Waals surface area (Å²) in [5.74, 6) is 0.284. The van der Waals surface area contributed by atoms with E-state index in [1.54, 1.807) is 0 Å². The van der Waals surface area contributed by atoms with Gasteiger partial charge >= 0.3 is 0 Å². The lowest BCUT2D eigenvalue weighted by atomic mass is 10.1. The van der Waals surface area contributed by atoms with Crippen LogP contribution >= 0.6 is 21.6 Å². The number of aliphatic hydroxyl groups is 2. The second-order valence-corrected chi connectivity index (χ2v) is 10.5. The van der Waals surface area contributed by atoms with Crippen molar-refractivity contribution in [3.63, 3.8) is 0 Å². The summed E-state index contributed by atoms with van der Waals surface area (Å²) in [6.07, 6.45) is 1.66. The maximum atomic E-state index is 13.1. The molecule has 2 amide bonds. The molecule has 2 fully saturated rings.